The van der Waals surface area contributed by atoms with E-state index in [-0.39, 0.29) is 76.4 Å². The van der Waals surface area contributed by atoms with E-state index < -0.39 is 20.0 Å². The Balaban J connectivity index is 0.000000151. The quantitative estimate of drug-likeness (QED) is 0.0732. The van der Waals surface area contributed by atoms with Gasteiger partial charge in [0.15, 0.2) is 11.3 Å². The monoisotopic (exact) mass is 1260 g/mol. The number of sulfonamides is 2. The molecule has 28 heteroatoms. The zero-order valence-corrected chi connectivity index (χ0v) is 51.2. The summed E-state index contributed by atoms with van der Waals surface area (Å²) >= 11 is 18.4. The number of benzene rings is 3. The van der Waals surface area contributed by atoms with Crippen molar-refractivity contribution in [1.82, 2.24) is 49.2 Å². The molecule has 7 aromatic rings. The molecule has 0 spiro atoms. The van der Waals surface area contributed by atoms with E-state index in [9.17, 15) is 36.0 Å². The van der Waals surface area contributed by atoms with E-state index in [2.05, 4.69) is 36.7 Å². The van der Waals surface area contributed by atoms with Crippen LogP contribution in [0.4, 0.5) is 17.2 Å². The first kappa shape index (κ1) is 61.1. The van der Waals surface area contributed by atoms with Gasteiger partial charge < -0.3 is 30.5 Å². The maximum Gasteiger partial charge on any atom is 0.261 e. The van der Waals surface area contributed by atoms with Gasteiger partial charge in [0.25, 0.3) is 23.6 Å². The molecule has 0 saturated carbocycles. The Morgan fingerprint density at radius 2 is 1.24 bits per heavy atom. The Hall–Kier alpha value is -6.97. The number of carbonyl (C=O) groups is 4. The van der Waals surface area contributed by atoms with Crippen molar-refractivity contribution >= 4 is 107 Å². The molecule has 5 aliphatic heterocycles. The minimum atomic E-state index is -3.59. The smallest absolute Gasteiger partial charge is 0.261 e. The number of hydrogen-bond donors (Lipinski definition) is 4. The van der Waals surface area contributed by atoms with E-state index in [0.717, 1.165) is 74.7 Å². The molecule has 450 valence electrons. The summed E-state index contributed by atoms with van der Waals surface area (Å²) < 4.78 is 61.0. The minimum absolute atomic E-state index is 0.0117. The van der Waals surface area contributed by atoms with E-state index in [4.69, 9.17) is 55.4 Å². The van der Waals surface area contributed by atoms with Crippen molar-refractivity contribution in [3.8, 4) is 0 Å². The average Bonchev–Trinajstić information content (AvgIpc) is 3.18. The molecule has 3 aromatic carbocycles. The number of methoxy groups -OCH3 is 1. The molecule has 5 aliphatic rings. The highest BCUT2D eigenvalue weighted by molar-refractivity contribution is 7.92. The highest BCUT2D eigenvalue weighted by Gasteiger charge is 2.43. The van der Waals surface area contributed by atoms with Gasteiger partial charge in [0.05, 0.1) is 87.8 Å². The Labute approximate surface area is 507 Å². The zero-order valence-electron chi connectivity index (χ0n) is 47.3. The third-order valence-corrected chi connectivity index (χ3v) is 17.7. The molecular weight excluding hydrogens is 1200 g/mol. The third-order valence-electron chi connectivity index (χ3n) is 15.7. The van der Waals surface area contributed by atoms with Crippen LogP contribution in [-0.2, 0) is 24.8 Å². The number of halogens is 3. The molecule has 12 rings (SSSR count). The number of hydrogen-bond acceptors (Lipinski definition) is 16. The number of fused-ring (bicyclic) bond motifs is 3. The maximum absolute atomic E-state index is 13.7. The van der Waals surface area contributed by atoms with Gasteiger partial charge in [-0.25, -0.2) is 35.8 Å². The lowest BCUT2D eigenvalue weighted by Crippen LogP contribution is -2.43. The Morgan fingerprint density at radius 1 is 0.706 bits per heavy atom. The minimum Gasteiger partial charge on any atom is -0.378 e. The normalized spacial score (nSPS) is 21.6. The number of anilines is 3. The molecule has 9 heterocycles. The molecule has 23 nitrogen and oxygen atoms in total. The largest absolute Gasteiger partial charge is 0.378 e. The molecule has 4 amide bonds. The Kier molecular flexibility index (Phi) is 18.1. The number of imide groups is 1. The second-order valence-electron chi connectivity index (χ2n) is 22.0. The molecule has 4 fully saturated rings. The average molecular weight is 1260 g/mol. The van der Waals surface area contributed by atoms with Gasteiger partial charge in [0.2, 0.25) is 20.0 Å². The molecule has 0 aliphatic carbocycles. The lowest BCUT2D eigenvalue weighted by Gasteiger charge is -2.35. The van der Waals surface area contributed by atoms with E-state index in [1.165, 1.54) is 29.2 Å². The van der Waals surface area contributed by atoms with E-state index in [1.807, 2.05) is 31.3 Å². The van der Waals surface area contributed by atoms with Gasteiger partial charge in [0, 0.05) is 80.0 Å². The molecule has 4 unspecified atom stereocenters. The fraction of sp³-hybridized carbons (Fsp3) is 0.404. The predicted octanol–water partition coefficient (Wildman–Crippen LogP) is 7.26. The van der Waals surface area contributed by atoms with Crippen LogP contribution < -0.4 is 25.4 Å². The second kappa shape index (κ2) is 25.2. The van der Waals surface area contributed by atoms with Gasteiger partial charge in [-0.15, -0.1) is 0 Å². The summed E-state index contributed by atoms with van der Waals surface area (Å²) in [6, 6.07) is 21.1. The lowest BCUT2D eigenvalue weighted by atomic mass is 9.98. The van der Waals surface area contributed by atoms with Gasteiger partial charge in [-0.3, -0.25) is 33.5 Å². The summed E-state index contributed by atoms with van der Waals surface area (Å²) in [4.78, 5) is 67.8. The summed E-state index contributed by atoms with van der Waals surface area (Å²) in [6.45, 7) is 7.83. The van der Waals surface area contributed by atoms with E-state index in [1.54, 1.807) is 68.5 Å². The number of carbonyl (C=O) groups excluding carboxylic acids is 4. The van der Waals surface area contributed by atoms with Crippen LogP contribution in [0.3, 0.4) is 0 Å². The van der Waals surface area contributed by atoms with Crippen molar-refractivity contribution in [3.05, 3.63) is 146 Å². The summed E-state index contributed by atoms with van der Waals surface area (Å²) in [5.74, 6) is 0.203. The van der Waals surface area contributed by atoms with Crippen LogP contribution >= 0.6 is 34.8 Å². The third kappa shape index (κ3) is 13.5. The fourth-order valence-electron chi connectivity index (χ4n) is 11.5. The van der Waals surface area contributed by atoms with Crippen molar-refractivity contribution < 1.29 is 40.8 Å². The highest BCUT2D eigenvalue weighted by Crippen LogP contribution is 2.37. The summed E-state index contributed by atoms with van der Waals surface area (Å²) in [7, 11) is -5.49. The van der Waals surface area contributed by atoms with Crippen LogP contribution in [0.5, 0.6) is 0 Å². The zero-order chi connectivity index (χ0) is 60.6. The highest BCUT2D eigenvalue weighted by atomic mass is 35.5. The van der Waals surface area contributed by atoms with Crippen LogP contribution in [0, 0.1) is 12.8 Å². The fourth-order valence-corrected chi connectivity index (χ4v) is 13.2. The number of aryl methyl sites for hydroxylation is 1. The topological polar surface area (TPSA) is 281 Å². The summed E-state index contributed by atoms with van der Waals surface area (Å²) in [5.41, 5.74) is 11.6. The number of nitrogens with two attached hydrogens (primary N) is 1. The molecular formula is C57H65Cl3N14O9S2. The molecule has 4 aromatic heterocycles. The predicted molar refractivity (Wildman–Crippen MR) is 325 cm³/mol. The van der Waals surface area contributed by atoms with Gasteiger partial charge in [0.1, 0.15) is 11.0 Å². The standard InChI is InChI=1S/C24H30ClN7O4S.C20H21Cl2N5O3S.C13H14N2O2/c1-36-21-14-30(13-17(21)26)22-8-10-32-23(27-22)12-19(28-32)20-5-3-4-9-31(20)24(33)16-11-15(25)6-7-18(16)29-37(2,34)35;1-12-11-27-18(23-19(12)22)10-16(24-27)17-5-3-4-8-26(17)20(28)14-9-13(21)6-7-15(14)25-31(2,29)30;1-8-6-14-7-11(8)15-12(16)9-4-2-3-5-10(9)13(15)17/h6-8,10-12,17,20-21,29H,3-5,9,13-14,26H2,1-2H3;6-7,9-11,17,25H,3-5,8H2,1-2H3;2-5,8,11,14H,6-7H2,1H3/t17?,20-,21?;17-;/m00./s1. The first-order chi connectivity index (χ1) is 40.4. The summed E-state index contributed by atoms with van der Waals surface area (Å²) in [5, 5.41) is 13.7. The summed E-state index contributed by atoms with van der Waals surface area (Å²) in [6.07, 6.45) is 10.7. The molecule has 6 atom stereocenters. The molecule has 0 bridgehead atoms. The van der Waals surface area contributed by atoms with Crippen molar-refractivity contribution in [2.45, 2.75) is 82.6 Å². The molecule has 5 N–H and O–H groups in total. The second-order valence-corrected chi connectivity index (χ2v) is 26.7. The number of amides is 4. The van der Waals surface area contributed by atoms with E-state index in [0.29, 0.717) is 82.0 Å². The first-order valence-electron chi connectivity index (χ1n) is 27.7. The number of nitrogens with zero attached hydrogens (tertiary/aromatic N) is 10. The number of rotatable bonds is 11. The van der Waals surface area contributed by atoms with Gasteiger partial charge in [-0.2, -0.15) is 10.2 Å². The number of likely N-dealkylation sites (tertiary alicyclic amines) is 2. The van der Waals surface area contributed by atoms with E-state index >= 15 is 0 Å². The molecule has 4 saturated heterocycles. The number of piperidine rings is 2. The molecule has 0 radical (unpaired) electrons. The number of aromatic nitrogens is 6. The van der Waals surface area contributed by atoms with Crippen LogP contribution in [0.1, 0.15) is 116 Å². The van der Waals surface area contributed by atoms with Crippen LogP contribution in [0.2, 0.25) is 15.2 Å². The van der Waals surface area contributed by atoms with Crippen LogP contribution in [0.25, 0.3) is 11.3 Å². The SMILES string of the molecule is CC1CNCC1N1C(=O)c2ccccc2C1=O.COC1CN(c2ccn3nc([C@@H]4CCCCN4C(=O)c4cc(Cl)ccc4NS(C)(=O)=O)cc3n2)CC1N.Cc1cn2nc([C@@H]3CCCCN3C(=O)c3cc(Cl)ccc3NS(C)(=O)=O)cc2nc1Cl. The van der Waals surface area contributed by atoms with Crippen molar-refractivity contribution in [2.24, 2.45) is 11.7 Å². The van der Waals surface area contributed by atoms with Gasteiger partial charge >= 0.3 is 0 Å². The lowest BCUT2D eigenvalue weighted by molar-refractivity contribution is 0.0564. The number of nitrogens with one attached hydrogen (secondary N) is 3. The van der Waals surface area contributed by atoms with Crippen molar-refractivity contribution in [3.63, 3.8) is 0 Å². The van der Waals surface area contributed by atoms with Crippen LogP contribution in [0.15, 0.2) is 91.3 Å². The van der Waals surface area contributed by atoms with Crippen molar-refractivity contribution in [1.29, 1.82) is 0 Å². The van der Waals surface area contributed by atoms with Gasteiger partial charge in [-0.1, -0.05) is 53.9 Å². The number of ether oxygens (including phenoxy) is 1. The Bertz CT molecular complexity index is 3890. The van der Waals surface area contributed by atoms with Gasteiger partial charge in [-0.05, 0) is 113 Å². The first-order valence-corrected chi connectivity index (χ1v) is 32.6. The molecule has 85 heavy (non-hydrogen) atoms. The van der Waals surface area contributed by atoms with Crippen LogP contribution in [-0.4, -0.2) is 161 Å². The maximum atomic E-state index is 13.7. The van der Waals surface area contributed by atoms with Crippen molar-refractivity contribution in [2.75, 3.05) is 73.2 Å². The Morgan fingerprint density at radius 3 is 1.73 bits per heavy atom.